The van der Waals surface area contributed by atoms with Gasteiger partial charge >= 0.3 is 5.97 Å². The lowest BCUT2D eigenvalue weighted by Gasteiger charge is -2.29. The van der Waals surface area contributed by atoms with Gasteiger partial charge in [0.25, 0.3) is 0 Å². The Morgan fingerprint density at radius 1 is 1.29 bits per heavy atom. The van der Waals surface area contributed by atoms with Crippen LogP contribution in [0.2, 0.25) is 5.02 Å². The van der Waals surface area contributed by atoms with Gasteiger partial charge in [0, 0.05) is 5.92 Å². The van der Waals surface area contributed by atoms with E-state index in [1.807, 2.05) is 4.57 Å². The number of aliphatic hydroxyl groups excluding tert-OH is 1. The largest absolute Gasteiger partial charge is 0.478 e. The molecule has 1 saturated carbocycles. The lowest BCUT2D eigenvalue weighted by molar-refractivity contribution is 0.0697. The molecule has 6 nitrogen and oxygen atoms in total. The number of fused-ring (bicyclic) bond motifs is 3. The first-order chi connectivity index (χ1) is 11.6. The van der Waals surface area contributed by atoms with Gasteiger partial charge in [-0.2, -0.15) is 0 Å². The number of imidazole rings is 1. The van der Waals surface area contributed by atoms with Gasteiger partial charge in [0.05, 0.1) is 33.9 Å². The zero-order valence-corrected chi connectivity index (χ0v) is 13.8. The molecule has 7 heteroatoms. The lowest BCUT2D eigenvalue weighted by Crippen LogP contribution is -2.23. The van der Waals surface area contributed by atoms with Crippen molar-refractivity contribution in [2.24, 2.45) is 0 Å². The molecule has 1 aromatic carbocycles. The second-order valence-corrected chi connectivity index (χ2v) is 6.82. The molecule has 126 valence electrons. The van der Waals surface area contributed by atoms with Crippen LogP contribution in [0.25, 0.3) is 5.69 Å². The molecule has 0 spiro atoms. The Hall–Kier alpha value is -2.05. The molecule has 2 aromatic rings. The predicted octanol–water partition coefficient (Wildman–Crippen LogP) is 3.69. The zero-order chi connectivity index (χ0) is 16.8. The van der Waals surface area contributed by atoms with E-state index < -0.39 is 12.2 Å². The van der Waals surface area contributed by atoms with E-state index in [0.717, 1.165) is 24.4 Å². The van der Waals surface area contributed by atoms with Crippen LogP contribution in [-0.4, -0.2) is 25.7 Å². The molecule has 1 fully saturated rings. The highest BCUT2D eigenvalue weighted by molar-refractivity contribution is 6.34. The van der Waals surface area contributed by atoms with Crippen LogP contribution in [0, 0.1) is 0 Å². The number of nitrogens with one attached hydrogen (secondary N) is 1. The fourth-order valence-electron chi connectivity index (χ4n) is 3.73. The van der Waals surface area contributed by atoms with Gasteiger partial charge in [-0.3, -0.25) is 4.57 Å². The molecule has 1 unspecified atom stereocenters. The maximum Gasteiger partial charge on any atom is 0.337 e. The number of aromatic nitrogens is 2. The van der Waals surface area contributed by atoms with Crippen molar-refractivity contribution in [2.45, 2.75) is 44.2 Å². The number of nitrogens with zero attached hydrogens (tertiary/aromatic N) is 2. The van der Waals surface area contributed by atoms with E-state index in [1.165, 1.54) is 25.3 Å². The lowest BCUT2D eigenvalue weighted by atomic mass is 9.88. The summed E-state index contributed by atoms with van der Waals surface area (Å²) in [5.41, 5.74) is 1.95. The van der Waals surface area contributed by atoms with Crippen molar-refractivity contribution < 1.29 is 15.0 Å². The summed E-state index contributed by atoms with van der Waals surface area (Å²) in [4.78, 5) is 15.9. The molecule has 2 heterocycles. The van der Waals surface area contributed by atoms with Crippen LogP contribution in [-0.2, 0) is 0 Å². The van der Waals surface area contributed by atoms with Gasteiger partial charge in [0.2, 0.25) is 0 Å². The van der Waals surface area contributed by atoms with Gasteiger partial charge in [-0.15, -0.1) is 0 Å². The van der Waals surface area contributed by atoms with Crippen molar-refractivity contribution in [1.82, 2.24) is 9.55 Å². The second kappa shape index (κ2) is 5.79. The van der Waals surface area contributed by atoms with Crippen molar-refractivity contribution in [3.63, 3.8) is 0 Å². The first-order valence-corrected chi connectivity index (χ1v) is 8.53. The topological polar surface area (TPSA) is 87.4 Å². The third-order valence-electron chi connectivity index (χ3n) is 4.92. The van der Waals surface area contributed by atoms with Crippen LogP contribution >= 0.6 is 11.6 Å². The van der Waals surface area contributed by atoms with E-state index in [1.54, 1.807) is 12.3 Å². The number of carboxylic acid groups (broad SMARTS) is 1. The number of benzene rings is 1. The summed E-state index contributed by atoms with van der Waals surface area (Å²) in [6.45, 7) is 0. The van der Waals surface area contributed by atoms with Gasteiger partial charge in [-0.1, -0.05) is 30.9 Å². The molecule has 3 N–H and O–H groups in total. The van der Waals surface area contributed by atoms with Crippen LogP contribution in [0.3, 0.4) is 0 Å². The number of hydrogen-bond acceptors (Lipinski definition) is 4. The van der Waals surface area contributed by atoms with E-state index in [9.17, 15) is 15.0 Å². The highest BCUT2D eigenvalue weighted by Crippen LogP contribution is 2.40. The monoisotopic (exact) mass is 347 g/mol. The van der Waals surface area contributed by atoms with E-state index in [2.05, 4.69) is 10.3 Å². The molecular weight excluding hydrogens is 330 g/mol. The number of carboxylic acids is 1. The average molecular weight is 348 g/mol. The fraction of sp³-hybridized carbons (Fsp3) is 0.412. The highest BCUT2D eigenvalue weighted by Gasteiger charge is 2.30. The van der Waals surface area contributed by atoms with Crippen molar-refractivity contribution in [3.8, 4) is 5.69 Å². The quantitative estimate of drug-likeness (QED) is 0.771. The molecule has 1 aromatic heterocycles. The summed E-state index contributed by atoms with van der Waals surface area (Å²) in [6.07, 6.45) is 6.53. The number of aliphatic hydroxyl groups is 1. The minimum atomic E-state index is -1.09. The minimum Gasteiger partial charge on any atom is -0.478 e. The summed E-state index contributed by atoms with van der Waals surface area (Å²) in [6, 6.07) is 3.10. The molecule has 2 aliphatic rings. The summed E-state index contributed by atoms with van der Waals surface area (Å²) in [5.74, 6) is 0.178. The van der Waals surface area contributed by atoms with E-state index in [4.69, 9.17) is 11.6 Å². The first kappa shape index (κ1) is 15.5. The minimum absolute atomic E-state index is 0.0119. The molecule has 0 bridgehead atoms. The van der Waals surface area contributed by atoms with Crippen LogP contribution in [0.15, 0.2) is 18.3 Å². The molecular formula is C17H18ClN3O3. The van der Waals surface area contributed by atoms with E-state index in [0.29, 0.717) is 17.3 Å². The SMILES string of the molecule is O=C(O)c1cc2c(cc1Cl)-n1c(cnc1C1CCCCC1)C(O)N2. The summed E-state index contributed by atoms with van der Waals surface area (Å²) in [5, 5.41) is 22.7. The number of halogens is 1. The predicted molar refractivity (Wildman–Crippen MR) is 89.9 cm³/mol. The van der Waals surface area contributed by atoms with Gasteiger partial charge in [-0.05, 0) is 25.0 Å². The third kappa shape index (κ3) is 2.37. The van der Waals surface area contributed by atoms with Crippen LogP contribution < -0.4 is 5.32 Å². The normalized spacial score (nSPS) is 20.2. The van der Waals surface area contributed by atoms with Crippen LogP contribution in [0.5, 0.6) is 0 Å². The summed E-state index contributed by atoms with van der Waals surface area (Å²) in [7, 11) is 0. The van der Waals surface area contributed by atoms with E-state index >= 15 is 0 Å². The number of carbonyl (C=O) groups is 1. The summed E-state index contributed by atoms with van der Waals surface area (Å²) < 4.78 is 1.93. The van der Waals surface area contributed by atoms with Gasteiger partial charge in [0.15, 0.2) is 6.23 Å². The Labute approximate surface area is 144 Å². The first-order valence-electron chi connectivity index (χ1n) is 8.15. The number of hydrogen-bond donors (Lipinski definition) is 3. The Morgan fingerprint density at radius 2 is 2.04 bits per heavy atom. The molecule has 1 atom stereocenters. The van der Waals surface area contributed by atoms with E-state index in [-0.39, 0.29) is 10.6 Å². The molecule has 0 amide bonds. The highest BCUT2D eigenvalue weighted by atomic mass is 35.5. The molecule has 0 saturated heterocycles. The maximum absolute atomic E-state index is 11.3. The van der Waals surface area contributed by atoms with Crippen LogP contribution in [0.4, 0.5) is 5.69 Å². The second-order valence-electron chi connectivity index (χ2n) is 6.41. The molecule has 4 rings (SSSR count). The van der Waals surface area contributed by atoms with Gasteiger partial charge in [-0.25, -0.2) is 9.78 Å². The van der Waals surface area contributed by atoms with Gasteiger partial charge in [0.1, 0.15) is 5.82 Å². The average Bonchev–Trinajstić information content (AvgIpc) is 3.02. The third-order valence-corrected chi connectivity index (χ3v) is 5.23. The maximum atomic E-state index is 11.3. The Bertz CT molecular complexity index is 812. The molecule has 1 aliphatic carbocycles. The Balaban J connectivity index is 1.87. The van der Waals surface area contributed by atoms with Crippen LogP contribution in [0.1, 0.15) is 66.1 Å². The number of anilines is 1. The molecule has 24 heavy (non-hydrogen) atoms. The Morgan fingerprint density at radius 3 is 2.75 bits per heavy atom. The van der Waals surface area contributed by atoms with Crippen molar-refractivity contribution in [1.29, 1.82) is 0 Å². The van der Waals surface area contributed by atoms with Crippen molar-refractivity contribution in [3.05, 3.63) is 40.4 Å². The number of aromatic carboxylic acids is 1. The molecule has 0 radical (unpaired) electrons. The van der Waals surface area contributed by atoms with Crippen molar-refractivity contribution in [2.75, 3.05) is 5.32 Å². The Kier molecular flexibility index (Phi) is 3.73. The molecule has 1 aliphatic heterocycles. The standard InChI is InChI=1S/C17H18ClN3O3/c18-11-7-13-12(6-10(11)17(23)24)20-16(22)14-8-19-15(21(13)14)9-4-2-1-3-5-9/h6-9,16,20,22H,1-5H2,(H,23,24). The van der Waals surface area contributed by atoms with Gasteiger partial charge < -0.3 is 15.5 Å². The van der Waals surface area contributed by atoms with Crippen molar-refractivity contribution >= 4 is 23.3 Å². The number of rotatable bonds is 2. The summed E-state index contributed by atoms with van der Waals surface area (Å²) >= 11 is 6.16. The fourth-order valence-corrected chi connectivity index (χ4v) is 3.97. The zero-order valence-electron chi connectivity index (χ0n) is 13.0. The smallest absolute Gasteiger partial charge is 0.337 e.